The zero-order valence-electron chi connectivity index (χ0n) is 13.5. The summed E-state index contributed by atoms with van der Waals surface area (Å²) in [5, 5.41) is 3.07. The minimum absolute atomic E-state index is 0.0855. The molecule has 0 radical (unpaired) electrons. The third-order valence-electron chi connectivity index (χ3n) is 3.57. The van der Waals surface area contributed by atoms with E-state index in [1.807, 2.05) is 0 Å². The fraction of sp³-hybridized carbons (Fsp3) is 0.111. The molecule has 128 valence electrons. The molecule has 3 rings (SSSR count). The number of carbonyl (C=O) groups excluding carboxylic acids is 1. The number of hydrogen-bond donors (Lipinski definition) is 1. The Labute approximate surface area is 151 Å². The number of fused-ring (bicyclic) bond motifs is 1. The number of carbonyl (C=O) groups is 1. The standard InChI is InChI=1S/C18H14BrNO5/c1-23-11-4-5-13(16(8-11)24-2)20-18(22)17-9-14(21)12-7-10(19)3-6-15(12)25-17/h3-9H,1-2H3,(H,20,22). The van der Waals surface area contributed by atoms with Gasteiger partial charge in [-0.05, 0) is 30.3 Å². The van der Waals surface area contributed by atoms with E-state index in [0.717, 1.165) is 4.47 Å². The Bertz CT molecular complexity index is 1010. The molecule has 0 spiro atoms. The number of hydrogen-bond acceptors (Lipinski definition) is 5. The van der Waals surface area contributed by atoms with Gasteiger partial charge in [-0.15, -0.1) is 0 Å². The van der Waals surface area contributed by atoms with Gasteiger partial charge in [-0.25, -0.2) is 0 Å². The molecule has 0 aliphatic heterocycles. The summed E-state index contributed by atoms with van der Waals surface area (Å²) in [6, 6.07) is 11.2. The second-order valence-corrected chi connectivity index (χ2v) is 6.05. The van der Waals surface area contributed by atoms with Gasteiger partial charge in [0.1, 0.15) is 17.1 Å². The fourth-order valence-electron chi connectivity index (χ4n) is 2.33. The summed E-state index contributed by atoms with van der Waals surface area (Å²) in [5.41, 5.74) is 0.476. The number of nitrogens with one attached hydrogen (secondary N) is 1. The van der Waals surface area contributed by atoms with Crippen LogP contribution >= 0.6 is 15.9 Å². The highest BCUT2D eigenvalue weighted by Gasteiger charge is 2.15. The van der Waals surface area contributed by atoms with Gasteiger partial charge in [0.25, 0.3) is 5.91 Å². The summed E-state index contributed by atoms with van der Waals surface area (Å²) in [7, 11) is 3.02. The lowest BCUT2D eigenvalue weighted by Gasteiger charge is -2.11. The molecule has 0 fully saturated rings. The summed E-state index contributed by atoms with van der Waals surface area (Å²) >= 11 is 3.30. The zero-order valence-corrected chi connectivity index (χ0v) is 15.0. The molecule has 0 atom stereocenters. The van der Waals surface area contributed by atoms with E-state index in [1.54, 1.807) is 36.4 Å². The van der Waals surface area contributed by atoms with Crippen LogP contribution < -0.4 is 20.2 Å². The van der Waals surface area contributed by atoms with E-state index in [-0.39, 0.29) is 11.2 Å². The van der Waals surface area contributed by atoms with Crippen LogP contribution in [-0.4, -0.2) is 20.1 Å². The van der Waals surface area contributed by atoms with Crippen LogP contribution in [0.15, 0.2) is 56.1 Å². The first kappa shape index (κ1) is 17.0. The number of methoxy groups -OCH3 is 2. The van der Waals surface area contributed by atoms with Gasteiger partial charge in [-0.2, -0.15) is 0 Å². The monoisotopic (exact) mass is 403 g/mol. The van der Waals surface area contributed by atoms with E-state index in [2.05, 4.69) is 21.2 Å². The van der Waals surface area contributed by atoms with E-state index < -0.39 is 5.91 Å². The van der Waals surface area contributed by atoms with Gasteiger partial charge in [0.2, 0.25) is 0 Å². The van der Waals surface area contributed by atoms with Crippen molar-refractivity contribution in [1.29, 1.82) is 0 Å². The van der Waals surface area contributed by atoms with Crippen LogP contribution in [0.5, 0.6) is 11.5 Å². The quantitative estimate of drug-likeness (QED) is 0.716. The number of amides is 1. The van der Waals surface area contributed by atoms with Crippen LogP contribution in [0.2, 0.25) is 0 Å². The average Bonchev–Trinajstić information content (AvgIpc) is 2.62. The van der Waals surface area contributed by atoms with Gasteiger partial charge in [-0.3, -0.25) is 9.59 Å². The van der Waals surface area contributed by atoms with Crippen molar-refractivity contribution in [2.24, 2.45) is 0 Å². The lowest BCUT2D eigenvalue weighted by atomic mass is 10.2. The molecule has 7 heteroatoms. The molecule has 1 amide bonds. The first-order valence-corrected chi connectivity index (χ1v) is 8.08. The Morgan fingerprint density at radius 3 is 2.60 bits per heavy atom. The minimum Gasteiger partial charge on any atom is -0.497 e. The molecule has 0 saturated carbocycles. The van der Waals surface area contributed by atoms with Gasteiger partial charge in [0.05, 0.1) is 25.3 Å². The normalized spacial score (nSPS) is 10.5. The Kier molecular flexibility index (Phi) is 4.76. The zero-order chi connectivity index (χ0) is 18.0. The molecule has 0 saturated heterocycles. The first-order valence-electron chi connectivity index (χ1n) is 7.28. The highest BCUT2D eigenvalue weighted by molar-refractivity contribution is 9.10. The number of rotatable bonds is 4. The molecule has 0 aliphatic rings. The van der Waals surface area contributed by atoms with Crippen molar-refractivity contribution >= 4 is 38.5 Å². The van der Waals surface area contributed by atoms with Crippen molar-refractivity contribution in [3.05, 3.63) is 62.9 Å². The summed E-state index contributed by atoms with van der Waals surface area (Å²) in [6.07, 6.45) is 0. The predicted octanol–water partition coefficient (Wildman–Crippen LogP) is 3.83. The maximum Gasteiger partial charge on any atom is 0.291 e. The Hall–Kier alpha value is -2.80. The topological polar surface area (TPSA) is 77.8 Å². The molecule has 1 N–H and O–H groups in total. The maximum atomic E-state index is 12.5. The van der Waals surface area contributed by atoms with Gasteiger partial charge < -0.3 is 19.2 Å². The van der Waals surface area contributed by atoms with Crippen LogP contribution in [-0.2, 0) is 0 Å². The second kappa shape index (κ2) is 6.98. The third-order valence-corrected chi connectivity index (χ3v) is 4.06. The maximum absolute atomic E-state index is 12.5. The molecular weight excluding hydrogens is 390 g/mol. The molecule has 1 aromatic heterocycles. The van der Waals surface area contributed by atoms with Crippen molar-refractivity contribution in [2.45, 2.75) is 0 Å². The SMILES string of the molecule is COc1ccc(NC(=O)c2cc(=O)c3cc(Br)ccc3o2)c(OC)c1. The Morgan fingerprint density at radius 2 is 1.88 bits per heavy atom. The van der Waals surface area contributed by atoms with Crippen molar-refractivity contribution < 1.29 is 18.7 Å². The average molecular weight is 404 g/mol. The highest BCUT2D eigenvalue weighted by Crippen LogP contribution is 2.29. The fourth-order valence-corrected chi connectivity index (χ4v) is 2.69. The smallest absolute Gasteiger partial charge is 0.291 e. The summed E-state index contributed by atoms with van der Waals surface area (Å²) in [5.74, 6) is 0.389. The van der Waals surface area contributed by atoms with Gasteiger partial charge in [0.15, 0.2) is 11.2 Å². The van der Waals surface area contributed by atoms with E-state index in [0.29, 0.717) is 28.2 Å². The van der Waals surface area contributed by atoms with Crippen molar-refractivity contribution in [1.82, 2.24) is 0 Å². The van der Waals surface area contributed by atoms with Gasteiger partial charge in [-0.1, -0.05) is 15.9 Å². The molecular formula is C18H14BrNO5. The van der Waals surface area contributed by atoms with Crippen molar-refractivity contribution in [3.63, 3.8) is 0 Å². The molecule has 6 nitrogen and oxygen atoms in total. The summed E-state index contributed by atoms with van der Waals surface area (Å²) in [6.45, 7) is 0. The molecule has 0 bridgehead atoms. The van der Waals surface area contributed by atoms with Crippen molar-refractivity contribution in [2.75, 3.05) is 19.5 Å². The van der Waals surface area contributed by atoms with E-state index in [9.17, 15) is 9.59 Å². The lowest BCUT2D eigenvalue weighted by Crippen LogP contribution is -2.15. The number of ether oxygens (including phenoxy) is 2. The van der Waals surface area contributed by atoms with Gasteiger partial charge in [0, 0.05) is 16.6 Å². The molecule has 1 heterocycles. The van der Waals surface area contributed by atoms with E-state index >= 15 is 0 Å². The molecule has 0 unspecified atom stereocenters. The molecule has 3 aromatic rings. The Balaban J connectivity index is 1.95. The second-order valence-electron chi connectivity index (χ2n) is 5.14. The third kappa shape index (κ3) is 3.51. The lowest BCUT2D eigenvalue weighted by molar-refractivity contribution is 0.0997. The van der Waals surface area contributed by atoms with Gasteiger partial charge >= 0.3 is 0 Å². The predicted molar refractivity (Wildman–Crippen MR) is 97.7 cm³/mol. The van der Waals surface area contributed by atoms with E-state index in [4.69, 9.17) is 13.9 Å². The van der Waals surface area contributed by atoms with Crippen LogP contribution in [0.4, 0.5) is 5.69 Å². The largest absolute Gasteiger partial charge is 0.497 e. The molecule has 25 heavy (non-hydrogen) atoms. The number of benzene rings is 2. The summed E-state index contributed by atoms with van der Waals surface area (Å²) in [4.78, 5) is 24.7. The van der Waals surface area contributed by atoms with Crippen LogP contribution in [0.3, 0.4) is 0 Å². The van der Waals surface area contributed by atoms with Crippen LogP contribution in [0.1, 0.15) is 10.6 Å². The minimum atomic E-state index is -0.551. The number of anilines is 1. The van der Waals surface area contributed by atoms with E-state index in [1.165, 1.54) is 20.3 Å². The first-order chi connectivity index (χ1) is 12.0. The molecule has 0 aliphatic carbocycles. The van der Waals surface area contributed by atoms with Crippen molar-refractivity contribution in [3.8, 4) is 11.5 Å². The van der Waals surface area contributed by atoms with Crippen LogP contribution in [0.25, 0.3) is 11.0 Å². The highest BCUT2D eigenvalue weighted by atomic mass is 79.9. The Morgan fingerprint density at radius 1 is 1.08 bits per heavy atom. The van der Waals surface area contributed by atoms with Crippen LogP contribution in [0, 0.1) is 0 Å². The molecule has 2 aromatic carbocycles. The number of halogens is 1. The summed E-state index contributed by atoms with van der Waals surface area (Å²) < 4.78 is 16.7.